The summed E-state index contributed by atoms with van der Waals surface area (Å²) < 4.78 is 20.3. The number of amidine groups is 1. The molecule has 1 saturated heterocycles. The van der Waals surface area contributed by atoms with Gasteiger partial charge in [-0.05, 0) is 93.8 Å². The number of benzene rings is 2. The minimum Gasteiger partial charge on any atom is -0.493 e. The Hall–Kier alpha value is -4.21. The number of halogens is 3. The van der Waals surface area contributed by atoms with Crippen LogP contribution in [0.3, 0.4) is 0 Å². The summed E-state index contributed by atoms with van der Waals surface area (Å²) in [6.45, 7) is 16.0. The number of likely N-dealkylation sites (tertiary alicyclic amines) is 1. The third-order valence-electron chi connectivity index (χ3n) is 10.5. The maximum Gasteiger partial charge on any atom is 0.325 e. The fraction of sp³-hybridized carbons (Fsp3) is 0.455. The van der Waals surface area contributed by atoms with Crippen LogP contribution in [0.1, 0.15) is 95.2 Å². The van der Waals surface area contributed by atoms with Crippen molar-refractivity contribution in [1.82, 2.24) is 20.1 Å². The number of hydrogen-bond donors (Lipinski definition) is 1. The average molecular weight is 791 g/mol. The van der Waals surface area contributed by atoms with Gasteiger partial charge in [0.2, 0.25) is 5.91 Å². The molecule has 1 aliphatic carbocycles. The normalized spacial score (nSPS) is 16.8. The smallest absolute Gasteiger partial charge is 0.325 e. The van der Waals surface area contributed by atoms with Crippen LogP contribution >= 0.6 is 23.2 Å². The molecule has 1 unspecified atom stereocenters. The number of carbonyl (C=O) groups is 2. The Kier molecular flexibility index (Phi) is 13.8. The minimum atomic E-state index is -0.658. The highest BCUT2D eigenvalue weighted by Crippen LogP contribution is 2.35. The highest BCUT2D eigenvalue weighted by atomic mass is 35.5. The lowest BCUT2D eigenvalue weighted by Crippen LogP contribution is -2.50. The molecule has 1 aliphatic heterocycles. The van der Waals surface area contributed by atoms with E-state index in [9.17, 15) is 14.0 Å². The largest absolute Gasteiger partial charge is 0.493 e. The van der Waals surface area contributed by atoms with Crippen LogP contribution in [0.25, 0.3) is 0 Å². The molecule has 0 bridgehead atoms. The van der Waals surface area contributed by atoms with Gasteiger partial charge in [0.15, 0.2) is 0 Å². The molecular formula is C44H54Cl2FN5O3. The molecule has 0 spiro atoms. The first-order valence-electron chi connectivity index (χ1n) is 19.1. The van der Waals surface area contributed by atoms with Gasteiger partial charge < -0.3 is 15.0 Å². The van der Waals surface area contributed by atoms with Crippen LogP contribution < -0.4 is 10.1 Å². The topological polar surface area (TPSA) is 87.1 Å². The number of ether oxygens (including phenoxy) is 1. The lowest BCUT2D eigenvalue weighted by molar-refractivity contribution is -0.122. The molecule has 3 aromatic rings. The Labute approximate surface area is 335 Å². The van der Waals surface area contributed by atoms with Crippen molar-refractivity contribution in [1.29, 1.82) is 0 Å². The van der Waals surface area contributed by atoms with Gasteiger partial charge in [-0.15, -0.1) is 0 Å². The van der Waals surface area contributed by atoms with Crippen molar-refractivity contribution in [2.45, 2.75) is 98.2 Å². The van der Waals surface area contributed by atoms with Gasteiger partial charge >= 0.3 is 6.03 Å². The van der Waals surface area contributed by atoms with Crippen molar-refractivity contribution in [3.63, 3.8) is 0 Å². The van der Waals surface area contributed by atoms with E-state index in [0.717, 1.165) is 16.8 Å². The summed E-state index contributed by atoms with van der Waals surface area (Å²) in [6, 6.07) is 14.1. The summed E-state index contributed by atoms with van der Waals surface area (Å²) in [5.74, 6) is 0.811. The number of nitrogens with one attached hydrogen (secondary N) is 1. The van der Waals surface area contributed by atoms with Crippen molar-refractivity contribution in [3.05, 3.63) is 117 Å². The molecule has 0 radical (unpaired) electrons. The predicted octanol–water partition coefficient (Wildman–Crippen LogP) is 10.1. The molecule has 55 heavy (non-hydrogen) atoms. The number of allylic oxidation sites excluding steroid dienone is 3. The molecule has 1 fully saturated rings. The number of urea groups is 1. The average Bonchev–Trinajstić information content (AvgIpc) is 3.14. The number of amides is 3. The summed E-state index contributed by atoms with van der Waals surface area (Å²) in [5, 5.41) is 4.25. The lowest BCUT2D eigenvalue weighted by Gasteiger charge is -2.38. The van der Waals surface area contributed by atoms with Crippen LogP contribution in [0.5, 0.6) is 5.75 Å². The summed E-state index contributed by atoms with van der Waals surface area (Å²) in [7, 11) is 0. The number of carbonyl (C=O) groups excluding carboxylic acids is 2. The monoisotopic (exact) mass is 789 g/mol. The molecule has 1 atom stereocenters. The van der Waals surface area contributed by atoms with Gasteiger partial charge in [0.25, 0.3) is 0 Å². The van der Waals surface area contributed by atoms with Gasteiger partial charge in [0, 0.05) is 65.4 Å². The first-order chi connectivity index (χ1) is 26.0. The van der Waals surface area contributed by atoms with Crippen molar-refractivity contribution < 1.29 is 18.7 Å². The molecular weight excluding hydrogens is 736 g/mol. The first kappa shape index (κ1) is 41.9. The number of aliphatic imine (C=N–C) groups is 1. The van der Waals surface area contributed by atoms with Crippen LogP contribution in [0.2, 0.25) is 5.02 Å². The lowest BCUT2D eigenvalue weighted by atomic mass is 9.83. The van der Waals surface area contributed by atoms with E-state index in [2.05, 4.69) is 46.0 Å². The zero-order valence-electron chi connectivity index (χ0n) is 33.1. The van der Waals surface area contributed by atoms with E-state index in [1.54, 1.807) is 24.1 Å². The van der Waals surface area contributed by atoms with Crippen molar-refractivity contribution in [3.8, 4) is 5.75 Å². The number of piperidine rings is 1. The van der Waals surface area contributed by atoms with E-state index in [1.165, 1.54) is 6.07 Å². The highest BCUT2D eigenvalue weighted by Gasteiger charge is 2.36. The fourth-order valence-corrected chi connectivity index (χ4v) is 7.19. The summed E-state index contributed by atoms with van der Waals surface area (Å²) in [6.07, 6.45) is 10.1. The SMILES string of the molecule is CCOc1cc(C(C)(C)C)ncc1/C(=N/C(C)(C)C1C=CC(Cl)=CC1)N(Cc1ccc(Cl)cc1)C(=O)N1CCC(CC(=O)NCc2cccc(F)c2C)CC1. The van der Waals surface area contributed by atoms with Gasteiger partial charge in [-0.1, -0.05) is 80.4 Å². The number of rotatable bonds is 11. The standard InChI is InChI=1S/C44H54Cl2FN5O3/c1-8-55-38-25-39(43(3,4)5)48-27-36(38)41(50-44(6,7)33-14-18-35(46)19-15-33)52(28-31-12-16-34(45)17-13-31)42(54)51-22-20-30(21-23-51)24-40(53)49-26-32-10-9-11-37(47)29(32)2/h9-14,16-19,25,27,30,33H,8,15,20-24,26,28H2,1-7H3,(H,49,53)/b50-41-. The van der Waals surface area contributed by atoms with Crippen LogP contribution in [0, 0.1) is 24.6 Å². The minimum absolute atomic E-state index is 0.0153. The molecule has 2 aromatic carbocycles. The quantitative estimate of drug-likeness (QED) is 0.155. The predicted molar refractivity (Wildman–Crippen MR) is 220 cm³/mol. The Bertz CT molecular complexity index is 1930. The van der Waals surface area contributed by atoms with Gasteiger partial charge in [-0.25, -0.2) is 9.18 Å². The van der Waals surface area contributed by atoms with Crippen LogP contribution in [-0.4, -0.2) is 57.8 Å². The number of nitrogens with zero attached hydrogens (tertiary/aromatic N) is 4. The maximum atomic E-state index is 15.0. The second-order valence-corrected chi connectivity index (χ2v) is 16.9. The molecule has 2 aliphatic rings. The molecule has 3 amide bonds. The van der Waals surface area contributed by atoms with E-state index in [1.807, 2.05) is 60.4 Å². The number of pyridine rings is 1. The Morgan fingerprint density at radius 3 is 2.42 bits per heavy atom. The van der Waals surface area contributed by atoms with E-state index in [0.29, 0.717) is 78.1 Å². The van der Waals surface area contributed by atoms with E-state index < -0.39 is 5.54 Å². The number of aromatic nitrogens is 1. The van der Waals surface area contributed by atoms with Gasteiger partial charge in [-0.2, -0.15) is 0 Å². The van der Waals surface area contributed by atoms with Crippen molar-refractivity contribution >= 4 is 41.0 Å². The van der Waals surface area contributed by atoms with Crippen molar-refractivity contribution in [2.24, 2.45) is 16.8 Å². The fourth-order valence-electron chi connectivity index (χ4n) is 6.91. The Balaban J connectivity index is 1.46. The zero-order valence-corrected chi connectivity index (χ0v) is 34.6. The molecule has 5 rings (SSSR count). The second kappa shape index (κ2) is 18.2. The third-order valence-corrected chi connectivity index (χ3v) is 11.0. The van der Waals surface area contributed by atoms with Crippen LogP contribution in [0.15, 0.2) is 83.0 Å². The van der Waals surface area contributed by atoms with Crippen LogP contribution in [-0.2, 0) is 23.3 Å². The Morgan fingerprint density at radius 2 is 1.78 bits per heavy atom. The van der Waals surface area contributed by atoms with Crippen LogP contribution in [0.4, 0.5) is 9.18 Å². The molecule has 1 aromatic heterocycles. The molecule has 1 N–H and O–H groups in total. The Morgan fingerprint density at radius 1 is 1.07 bits per heavy atom. The summed E-state index contributed by atoms with van der Waals surface area (Å²) >= 11 is 12.6. The highest BCUT2D eigenvalue weighted by molar-refractivity contribution is 6.31. The molecule has 2 heterocycles. The van der Waals surface area contributed by atoms with Crippen molar-refractivity contribution in [2.75, 3.05) is 19.7 Å². The summed E-state index contributed by atoms with van der Waals surface area (Å²) in [5.41, 5.74) is 2.76. The van der Waals surface area contributed by atoms with Gasteiger partial charge in [-0.3, -0.25) is 19.7 Å². The van der Waals surface area contributed by atoms with Gasteiger partial charge in [0.05, 0.1) is 24.3 Å². The van der Waals surface area contributed by atoms with E-state index in [-0.39, 0.29) is 48.1 Å². The third kappa shape index (κ3) is 11.0. The van der Waals surface area contributed by atoms with E-state index in [4.69, 9.17) is 37.9 Å². The number of hydrogen-bond acceptors (Lipinski definition) is 5. The molecule has 11 heteroatoms. The molecule has 294 valence electrons. The molecule has 0 saturated carbocycles. The zero-order chi connectivity index (χ0) is 39.9. The second-order valence-electron chi connectivity index (χ2n) is 16.1. The summed E-state index contributed by atoms with van der Waals surface area (Å²) in [4.78, 5) is 41.9. The van der Waals surface area contributed by atoms with E-state index >= 15 is 0 Å². The first-order valence-corrected chi connectivity index (χ1v) is 19.9. The van der Waals surface area contributed by atoms with Gasteiger partial charge in [0.1, 0.15) is 17.4 Å². The molecule has 8 nitrogen and oxygen atoms in total. The maximum absolute atomic E-state index is 15.0.